The molecule has 9 heteroatoms. The zero-order valence-electron chi connectivity index (χ0n) is 20.4. The lowest BCUT2D eigenvalue weighted by Gasteiger charge is -2.36. The van der Waals surface area contributed by atoms with Gasteiger partial charge in [0.15, 0.2) is 11.0 Å². The van der Waals surface area contributed by atoms with Gasteiger partial charge in [0, 0.05) is 44.5 Å². The Kier molecular flexibility index (Phi) is 8.07. The van der Waals surface area contributed by atoms with Gasteiger partial charge >= 0.3 is 0 Å². The zero-order valence-corrected chi connectivity index (χ0v) is 21.2. The smallest absolute Gasteiger partial charge is 0.251 e. The van der Waals surface area contributed by atoms with Gasteiger partial charge < -0.3 is 19.7 Å². The van der Waals surface area contributed by atoms with Crippen molar-refractivity contribution in [2.45, 2.75) is 25.0 Å². The molecule has 0 saturated carbocycles. The second-order valence-corrected chi connectivity index (χ2v) is 9.90. The number of benzene rings is 2. The van der Waals surface area contributed by atoms with Crippen LogP contribution in [0.5, 0.6) is 0 Å². The van der Waals surface area contributed by atoms with Gasteiger partial charge in [0.2, 0.25) is 5.91 Å². The number of thioether (sulfide) groups is 1. The Hall–Kier alpha value is -3.33. The second-order valence-electron chi connectivity index (χ2n) is 8.95. The lowest BCUT2D eigenvalue weighted by atomic mass is 10.0. The number of piperazine rings is 1. The van der Waals surface area contributed by atoms with E-state index in [4.69, 9.17) is 0 Å². The quantitative estimate of drug-likeness (QED) is 0.486. The van der Waals surface area contributed by atoms with Crippen molar-refractivity contribution in [2.75, 3.05) is 36.8 Å². The van der Waals surface area contributed by atoms with Gasteiger partial charge in [0.1, 0.15) is 0 Å². The van der Waals surface area contributed by atoms with Crippen LogP contribution in [0.2, 0.25) is 0 Å². The number of hydrogen-bond acceptors (Lipinski definition) is 6. The number of anilines is 1. The molecule has 1 N–H and O–H groups in total. The number of amides is 2. The summed E-state index contributed by atoms with van der Waals surface area (Å²) in [5.41, 5.74) is 1.80. The summed E-state index contributed by atoms with van der Waals surface area (Å²) >= 11 is 1.38. The lowest BCUT2D eigenvalue weighted by Crippen LogP contribution is -2.49. The van der Waals surface area contributed by atoms with Crippen molar-refractivity contribution in [3.63, 3.8) is 0 Å². The Labute approximate surface area is 210 Å². The van der Waals surface area contributed by atoms with Crippen LogP contribution in [0, 0.1) is 5.92 Å². The van der Waals surface area contributed by atoms with Crippen LogP contribution < -0.4 is 10.2 Å². The van der Waals surface area contributed by atoms with Gasteiger partial charge in [0.25, 0.3) is 5.91 Å². The number of aromatic nitrogens is 3. The minimum absolute atomic E-state index is 0.102. The minimum Gasteiger partial charge on any atom is -0.368 e. The van der Waals surface area contributed by atoms with Crippen LogP contribution in [0.25, 0.3) is 0 Å². The van der Waals surface area contributed by atoms with E-state index in [1.165, 1.54) is 17.4 Å². The lowest BCUT2D eigenvalue weighted by molar-refractivity contribution is -0.128. The molecule has 35 heavy (non-hydrogen) atoms. The fraction of sp³-hybridized carbons (Fsp3) is 0.385. The highest BCUT2D eigenvalue weighted by molar-refractivity contribution is 7.99. The predicted octanol–water partition coefficient (Wildman–Crippen LogP) is 3.38. The molecular weight excluding hydrogens is 460 g/mol. The third-order valence-corrected chi connectivity index (χ3v) is 7.22. The van der Waals surface area contributed by atoms with Crippen LogP contribution in [0.1, 0.15) is 36.1 Å². The number of carbonyl (C=O) groups excluding carboxylic acids is 2. The summed E-state index contributed by atoms with van der Waals surface area (Å²) in [6.45, 7) is 7.14. The van der Waals surface area contributed by atoms with E-state index >= 15 is 0 Å². The number of hydrogen-bond donors (Lipinski definition) is 1. The SMILES string of the molecule is CC(C)[C@@H](NC(=O)c1ccccc1)c1nnc(SCC(=O)N2CCN(c3ccccc3)CC2)n1C. The van der Waals surface area contributed by atoms with E-state index in [2.05, 4.69) is 32.5 Å². The normalized spacial score (nSPS) is 14.7. The molecule has 2 aromatic carbocycles. The molecule has 4 rings (SSSR count). The molecule has 0 spiro atoms. The summed E-state index contributed by atoms with van der Waals surface area (Å²) in [7, 11) is 1.88. The molecular formula is C26H32N6O2S. The van der Waals surface area contributed by atoms with Crippen LogP contribution in [-0.2, 0) is 11.8 Å². The zero-order chi connectivity index (χ0) is 24.8. The van der Waals surface area contributed by atoms with E-state index in [1.54, 1.807) is 12.1 Å². The van der Waals surface area contributed by atoms with Gasteiger partial charge in [-0.25, -0.2) is 0 Å². The molecule has 0 radical (unpaired) electrons. The first-order valence-electron chi connectivity index (χ1n) is 11.9. The monoisotopic (exact) mass is 492 g/mol. The van der Waals surface area contributed by atoms with Crippen molar-refractivity contribution in [2.24, 2.45) is 13.0 Å². The highest BCUT2D eigenvalue weighted by Crippen LogP contribution is 2.25. The summed E-state index contributed by atoms with van der Waals surface area (Å²) in [6, 6.07) is 19.1. The molecule has 0 bridgehead atoms. The fourth-order valence-corrected chi connectivity index (χ4v) is 4.96. The van der Waals surface area contributed by atoms with Crippen LogP contribution in [0.4, 0.5) is 5.69 Å². The topological polar surface area (TPSA) is 83.4 Å². The number of nitrogens with zero attached hydrogens (tertiary/aromatic N) is 5. The molecule has 1 atom stereocenters. The first-order valence-corrected chi connectivity index (χ1v) is 12.9. The van der Waals surface area contributed by atoms with Crippen LogP contribution in [0.15, 0.2) is 65.8 Å². The predicted molar refractivity (Wildman–Crippen MR) is 138 cm³/mol. The molecule has 184 valence electrons. The van der Waals surface area contributed by atoms with E-state index in [1.807, 2.05) is 66.8 Å². The highest BCUT2D eigenvalue weighted by atomic mass is 32.2. The number of nitrogens with one attached hydrogen (secondary N) is 1. The van der Waals surface area contributed by atoms with Gasteiger partial charge in [-0.1, -0.05) is 62.0 Å². The summed E-state index contributed by atoms with van der Waals surface area (Å²) in [5.74, 6) is 1.05. The van der Waals surface area contributed by atoms with E-state index in [0.717, 1.165) is 13.1 Å². The van der Waals surface area contributed by atoms with Crippen molar-refractivity contribution >= 4 is 29.3 Å². The average Bonchev–Trinajstić information content (AvgIpc) is 3.26. The number of carbonyl (C=O) groups is 2. The molecule has 2 heterocycles. The Morgan fingerprint density at radius 2 is 1.57 bits per heavy atom. The van der Waals surface area contributed by atoms with Gasteiger partial charge in [-0.3, -0.25) is 9.59 Å². The fourth-order valence-electron chi connectivity index (χ4n) is 4.14. The molecule has 3 aromatic rings. The number of rotatable bonds is 8. The minimum atomic E-state index is -0.295. The molecule has 1 aromatic heterocycles. The van der Waals surface area contributed by atoms with Gasteiger partial charge in [-0.15, -0.1) is 10.2 Å². The maximum Gasteiger partial charge on any atom is 0.251 e. The van der Waals surface area contributed by atoms with Crippen molar-refractivity contribution in [1.82, 2.24) is 25.0 Å². The van der Waals surface area contributed by atoms with Crippen LogP contribution >= 0.6 is 11.8 Å². The van der Waals surface area contributed by atoms with Gasteiger partial charge in [-0.2, -0.15) is 0 Å². The molecule has 1 fully saturated rings. The van der Waals surface area contributed by atoms with Gasteiger partial charge in [-0.05, 0) is 30.2 Å². The third kappa shape index (κ3) is 6.03. The van der Waals surface area contributed by atoms with Gasteiger partial charge in [0.05, 0.1) is 11.8 Å². The molecule has 2 amide bonds. The van der Waals surface area contributed by atoms with Crippen molar-refractivity contribution in [3.05, 3.63) is 72.1 Å². The maximum atomic E-state index is 12.8. The largest absolute Gasteiger partial charge is 0.368 e. The highest BCUT2D eigenvalue weighted by Gasteiger charge is 2.26. The first-order chi connectivity index (χ1) is 16.9. The van der Waals surface area contributed by atoms with Crippen molar-refractivity contribution in [1.29, 1.82) is 0 Å². The molecule has 0 unspecified atom stereocenters. The van der Waals surface area contributed by atoms with Crippen LogP contribution in [0.3, 0.4) is 0 Å². The molecule has 8 nitrogen and oxygen atoms in total. The molecule has 1 aliphatic heterocycles. The molecule has 1 saturated heterocycles. The van der Waals surface area contributed by atoms with Crippen LogP contribution in [-0.4, -0.2) is 63.4 Å². The van der Waals surface area contributed by atoms with Crippen molar-refractivity contribution in [3.8, 4) is 0 Å². The van der Waals surface area contributed by atoms with Crippen molar-refractivity contribution < 1.29 is 9.59 Å². The number of para-hydroxylation sites is 1. The Balaban J connectivity index is 1.33. The molecule has 1 aliphatic rings. The summed E-state index contributed by atoms with van der Waals surface area (Å²) in [4.78, 5) is 29.8. The molecule has 0 aliphatic carbocycles. The second kappa shape index (κ2) is 11.4. The third-order valence-electron chi connectivity index (χ3n) is 6.21. The Bertz CT molecular complexity index is 1130. The van der Waals surface area contributed by atoms with E-state index < -0.39 is 0 Å². The summed E-state index contributed by atoms with van der Waals surface area (Å²) in [6.07, 6.45) is 0. The Morgan fingerprint density at radius 3 is 2.20 bits per heavy atom. The standard InChI is InChI=1S/C26H32N6O2S/c1-19(2)23(27-25(34)20-10-6-4-7-11-20)24-28-29-26(30(24)3)35-18-22(33)32-16-14-31(15-17-32)21-12-8-5-9-13-21/h4-13,19,23H,14-18H2,1-3H3,(H,27,34)/t23-/m1/s1. The summed E-state index contributed by atoms with van der Waals surface area (Å²) < 4.78 is 1.88. The van der Waals surface area contributed by atoms with E-state index in [9.17, 15) is 9.59 Å². The Morgan fingerprint density at radius 1 is 0.943 bits per heavy atom. The average molecular weight is 493 g/mol. The summed E-state index contributed by atoms with van der Waals surface area (Å²) in [5, 5.41) is 12.4. The maximum absolute atomic E-state index is 12.8. The van der Waals surface area contributed by atoms with E-state index in [0.29, 0.717) is 35.4 Å². The first kappa shape index (κ1) is 24.8. The van der Waals surface area contributed by atoms with E-state index in [-0.39, 0.29) is 23.8 Å².